The van der Waals surface area contributed by atoms with Crippen LogP contribution in [0.3, 0.4) is 0 Å². The van der Waals surface area contributed by atoms with Crippen molar-refractivity contribution in [2.45, 2.75) is 32.7 Å². The SMILES string of the molecule is Cc1ccsc1CCN(C)C(C)(C)C(=O)O. The summed E-state index contributed by atoms with van der Waals surface area (Å²) < 4.78 is 0. The van der Waals surface area contributed by atoms with Crippen molar-refractivity contribution in [3.8, 4) is 0 Å². The normalized spacial score (nSPS) is 12.1. The molecule has 0 bridgehead atoms. The van der Waals surface area contributed by atoms with E-state index in [1.165, 1.54) is 10.4 Å². The molecule has 0 radical (unpaired) electrons. The van der Waals surface area contributed by atoms with Gasteiger partial charge < -0.3 is 5.11 Å². The van der Waals surface area contributed by atoms with Crippen molar-refractivity contribution in [2.75, 3.05) is 13.6 Å². The van der Waals surface area contributed by atoms with Crippen LogP contribution in [0.2, 0.25) is 0 Å². The molecule has 1 aromatic heterocycles. The highest BCUT2D eigenvalue weighted by Gasteiger charge is 2.31. The molecule has 1 rings (SSSR count). The lowest BCUT2D eigenvalue weighted by atomic mass is 10.0. The van der Waals surface area contributed by atoms with Gasteiger partial charge >= 0.3 is 5.97 Å². The molecule has 90 valence electrons. The van der Waals surface area contributed by atoms with E-state index < -0.39 is 11.5 Å². The molecular formula is C12H19NO2S. The van der Waals surface area contributed by atoms with E-state index in [4.69, 9.17) is 5.11 Å². The fourth-order valence-corrected chi connectivity index (χ4v) is 2.27. The summed E-state index contributed by atoms with van der Waals surface area (Å²) in [6, 6.07) is 2.10. The monoisotopic (exact) mass is 241 g/mol. The highest BCUT2D eigenvalue weighted by molar-refractivity contribution is 7.10. The number of aryl methyl sites for hydroxylation is 1. The Bertz CT molecular complexity index is 371. The van der Waals surface area contributed by atoms with E-state index in [2.05, 4.69) is 18.4 Å². The molecule has 0 saturated heterocycles. The summed E-state index contributed by atoms with van der Waals surface area (Å²) in [6.07, 6.45) is 0.913. The molecular weight excluding hydrogens is 222 g/mol. The smallest absolute Gasteiger partial charge is 0.323 e. The first-order chi connectivity index (χ1) is 7.35. The Hall–Kier alpha value is -0.870. The van der Waals surface area contributed by atoms with E-state index >= 15 is 0 Å². The van der Waals surface area contributed by atoms with E-state index in [1.807, 2.05) is 11.9 Å². The number of carbonyl (C=O) groups is 1. The molecule has 0 aromatic carbocycles. The maximum Gasteiger partial charge on any atom is 0.323 e. The summed E-state index contributed by atoms with van der Waals surface area (Å²) in [5.74, 6) is -0.780. The number of hydrogen-bond donors (Lipinski definition) is 1. The minimum absolute atomic E-state index is 0.765. The molecule has 0 aliphatic rings. The van der Waals surface area contributed by atoms with Crippen molar-refractivity contribution >= 4 is 17.3 Å². The van der Waals surface area contributed by atoms with E-state index in [1.54, 1.807) is 25.2 Å². The van der Waals surface area contributed by atoms with Crippen molar-refractivity contribution < 1.29 is 9.90 Å². The fraction of sp³-hybridized carbons (Fsp3) is 0.583. The van der Waals surface area contributed by atoms with Crippen LogP contribution in [0.4, 0.5) is 0 Å². The summed E-state index contributed by atoms with van der Waals surface area (Å²) in [4.78, 5) is 14.3. The number of nitrogens with zero attached hydrogens (tertiary/aromatic N) is 1. The number of rotatable bonds is 5. The third kappa shape index (κ3) is 2.83. The molecule has 4 heteroatoms. The molecule has 16 heavy (non-hydrogen) atoms. The van der Waals surface area contributed by atoms with Gasteiger partial charge in [0.1, 0.15) is 5.54 Å². The van der Waals surface area contributed by atoms with Gasteiger partial charge in [0.25, 0.3) is 0 Å². The summed E-state index contributed by atoms with van der Waals surface area (Å²) in [6.45, 7) is 6.32. The zero-order chi connectivity index (χ0) is 12.3. The summed E-state index contributed by atoms with van der Waals surface area (Å²) in [7, 11) is 1.86. The number of carboxylic acids is 1. The van der Waals surface area contributed by atoms with Crippen molar-refractivity contribution in [3.63, 3.8) is 0 Å². The fourth-order valence-electron chi connectivity index (χ4n) is 1.37. The van der Waals surface area contributed by atoms with Gasteiger partial charge in [0.05, 0.1) is 0 Å². The zero-order valence-corrected chi connectivity index (χ0v) is 11.1. The average molecular weight is 241 g/mol. The maximum atomic E-state index is 11.1. The molecule has 1 aromatic rings. The number of hydrogen-bond acceptors (Lipinski definition) is 3. The second-order valence-corrected chi connectivity index (χ2v) is 5.56. The van der Waals surface area contributed by atoms with Crippen LogP contribution in [-0.4, -0.2) is 35.1 Å². The standard InChI is InChI=1S/C12H19NO2S/c1-9-6-8-16-10(9)5-7-13(4)12(2,3)11(14)15/h6,8H,5,7H2,1-4H3,(H,14,15). The number of carboxylic acid groups (broad SMARTS) is 1. The predicted molar refractivity (Wildman–Crippen MR) is 67.1 cm³/mol. The largest absolute Gasteiger partial charge is 0.480 e. The number of aliphatic carboxylic acids is 1. The van der Waals surface area contributed by atoms with Gasteiger partial charge in [0.15, 0.2) is 0 Å². The van der Waals surface area contributed by atoms with Gasteiger partial charge in [-0.2, -0.15) is 0 Å². The molecule has 0 unspecified atom stereocenters. The Kier molecular flexibility index (Phi) is 4.10. The van der Waals surface area contributed by atoms with Crippen molar-refractivity contribution in [2.24, 2.45) is 0 Å². The number of thiophene rings is 1. The minimum atomic E-state index is -0.800. The summed E-state index contributed by atoms with van der Waals surface area (Å²) in [5.41, 5.74) is 0.497. The average Bonchev–Trinajstić information content (AvgIpc) is 2.60. The molecule has 1 N–H and O–H groups in total. The van der Waals surface area contributed by atoms with Gasteiger partial charge in [-0.25, -0.2) is 0 Å². The molecule has 0 fully saturated rings. The van der Waals surface area contributed by atoms with Crippen molar-refractivity contribution in [1.29, 1.82) is 0 Å². The summed E-state index contributed by atoms with van der Waals surface area (Å²) in [5, 5.41) is 11.2. The first-order valence-corrected chi connectivity index (χ1v) is 6.21. The van der Waals surface area contributed by atoms with Crippen LogP contribution in [0.5, 0.6) is 0 Å². The molecule has 1 heterocycles. The van der Waals surface area contributed by atoms with Gasteiger partial charge in [-0.1, -0.05) is 0 Å². The third-order valence-electron chi connectivity index (χ3n) is 3.12. The van der Waals surface area contributed by atoms with Crippen LogP contribution in [0.15, 0.2) is 11.4 Å². The highest BCUT2D eigenvalue weighted by atomic mass is 32.1. The topological polar surface area (TPSA) is 40.5 Å². The van der Waals surface area contributed by atoms with Crippen molar-refractivity contribution in [3.05, 3.63) is 21.9 Å². The van der Waals surface area contributed by atoms with Crippen LogP contribution in [-0.2, 0) is 11.2 Å². The van der Waals surface area contributed by atoms with Crippen LogP contribution >= 0.6 is 11.3 Å². The Balaban J connectivity index is 2.56. The molecule has 0 spiro atoms. The van der Waals surface area contributed by atoms with Gasteiger partial charge in [-0.15, -0.1) is 11.3 Å². The quantitative estimate of drug-likeness (QED) is 0.860. The second-order valence-electron chi connectivity index (χ2n) is 4.56. The van der Waals surface area contributed by atoms with Crippen molar-refractivity contribution in [1.82, 2.24) is 4.90 Å². The number of likely N-dealkylation sites (N-methyl/N-ethyl adjacent to an activating group) is 1. The Morgan fingerprint density at radius 2 is 2.19 bits per heavy atom. The van der Waals surface area contributed by atoms with E-state index in [0.717, 1.165) is 13.0 Å². The van der Waals surface area contributed by atoms with Crippen LogP contribution < -0.4 is 0 Å². The molecule has 0 amide bonds. The molecule has 0 aliphatic carbocycles. The van der Waals surface area contributed by atoms with Crippen LogP contribution in [0, 0.1) is 6.92 Å². The lowest BCUT2D eigenvalue weighted by Crippen LogP contribution is -2.48. The highest BCUT2D eigenvalue weighted by Crippen LogP contribution is 2.18. The Morgan fingerprint density at radius 3 is 2.62 bits per heavy atom. The first kappa shape index (κ1) is 13.2. The predicted octanol–water partition coefficient (Wildman–Crippen LogP) is 2.39. The van der Waals surface area contributed by atoms with Gasteiger partial charge in [0.2, 0.25) is 0 Å². The molecule has 3 nitrogen and oxygen atoms in total. The van der Waals surface area contributed by atoms with Crippen LogP contribution in [0.1, 0.15) is 24.3 Å². The molecule has 0 saturated carbocycles. The lowest BCUT2D eigenvalue weighted by Gasteiger charge is -2.31. The van der Waals surface area contributed by atoms with E-state index in [9.17, 15) is 4.79 Å². The van der Waals surface area contributed by atoms with Gasteiger partial charge in [0, 0.05) is 11.4 Å². The maximum absolute atomic E-state index is 11.1. The van der Waals surface area contributed by atoms with E-state index in [-0.39, 0.29) is 0 Å². The van der Waals surface area contributed by atoms with Crippen LogP contribution in [0.25, 0.3) is 0 Å². The lowest BCUT2D eigenvalue weighted by molar-refractivity contribution is -0.148. The van der Waals surface area contributed by atoms with Gasteiger partial charge in [-0.3, -0.25) is 9.69 Å². The van der Waals surface area contributed by atoms with E-state index in [0.29, 0.717) is 0 Å². The Labute approximate surface area is 101 Å². The third-order valence-corrected chi connectivity index (χ3v) is 4.20. The summed E-state index contributed by atoms with van der Waals surface area (Å²) >= 11 is 1.74. The first-order valence-electron chi connectivity index (χ1n) is 5.33. The molecule has 0 aliphatic heterocycles. The second kappa shape index (κ2) is 4.97. The minimum Gasteiger partial charge on any atom is -0.480 e. The Morgan fingerprint density at radius 1 is 1.56 bits per heavy atom. The molecule has 0 atom stereocenters. The van der Waals surface area contributed by atoms with Gasteiger partial charge in [-0.05, 0) is 51.2 Å². The zero-order valence-electron chi connectivity index (χ0n) is 10.3.